The van der Waals surface area contributed by atoms with Gasteiger partial charge in [-0.3, -0.25) is 20.1 Å². The molecule has 0 radical (unpaired) electrons. The van der Waals surface area contributed by atoms with Crippen LogP contribution in [0, 0.1) is 6.92 Å². The molecular formula is C19H16N8OS. The van der Waals surface area contributed by atoms with Gasteiger partial charge in [-0.05, 0) is 55.1 Å². The molecule has 0 saturated carbocycles. The molecule has 10 heteroatoms. The maximum absolute atomic E-state index is 11.7. The first kappa shape index (κ1) is 17.3. The van der Waals surface area contributed by atoms with Crippen LogP contribution in [0.25, 0.3) is 21.8 Å². The van der Waals surface area contributed by atoms with E-state index < -0.39 is 0 Å². The van der Waals surface area contributed by atoms with Gasteiger partial charge in [0.25, 0.3) is 5.56 Å². The molecule has 5 aromatic rings. The second-order valence-corrected chi connectivity index (χ2v) is 7.62. The van der Waals surface area contributed by atoms with Crippen molar-refractivity contribution in [3.63, 3.8) is 0 Å². The van der Waals surface area contributed by atoms with Gasteiger partial charge in [0.05, 0.1) is 16.4 Å². The molecule has 0 aliphatic carbocycles. The highest BCUT2D eigenvalue weighted by atomic mass is 32.2. The molecule has 0 unspecified atom stereocenters. The van der Waals surface area contributed by atoms with Gasteiger partial charge in [0, 0.05) is 27.7 Å². The maximum atomic E-state index is 11.7. The first-order chi connectivity index (χ1) is 14.0. The number of nitrogens with one attached hydrogen (secondary N) is 4. The van der Waals surface area contributed by atoms with Crippen LogP contribution in [0.3, 0.4) is 0 Å². The zero-order chi connectivity index (χ0) is 20.0. The van der Waals surface area contributed by atoms with Gasteiger partial charge in [0.1, 0.15) is 5.82 Å². The minimum Gasteiger partial charge on any atom is -0.399 e. The van der Waals surface area contributed by atoms with Gasteiger partial charge < -0.3 is 11.1 Å². The van der Waals surface area contributed by atoms with E-state index >= 15 is 0 Å². The van der Waals surface area contributed by atoms with Gasteiger partial charge in [-0.1, -0.05) is 0 Å². The molecular weight excluding hydrogens is 388 g/mol. The van der Waals surface area contributed by atoms with Crippen molar-refractivity contribution in [1.29, 1.82) is 0 Å². The lowest BCUT2D eigenvalue weighted by atomic mass is 10.2. The fourth-order valence-corrected chi connectivity index (χ4v) is 3.86. The van der Waals surface area contributed by atoms with Crippen molar-refractivity contribution in [2.75, 3.05) is 11.1 Å². The quantitative estimate of drug-likeness (QED) is 0.228. The Morgan fingerprint density at radius 3 is 2.72 bits per heavy atom. The number of aromatic amines is 3. The fourth-order valence-electron chi connectivity index (χ4n) is 3.05. The second-order valence-electron chi connectivity index (χ2n) is 6.58. The number of nitrogens with two attached hydrogens (primary N) is 1. The molecule has 0 saturated heterocycles. The van der Waals surface area contributed by atoms with Gasteiger partial charge in [0.2, 0.25) is 0 Å². The number of hydrogen-bond acceptors (Lipinski definition) is 7. The number of anilines is 3. The van der Waals surface area contributed by atoms with E-state index in [2.05, 4.69) is 35.7 Å². The maximum Gasteiger partial charge on any atom is 0.271 e. The molecule has 3 aromatic heterocycles. The molecule has 0 aliphatic rings. The first-order valence-electron chi connectivity index (χ1n) is 8.80. The van der Waals surface area contributed by atoms with E-state index in [1.807, 2.05) is 43.3 Å². The Labute approximate surface area is 168 Å². The Bertz CT molecular complexity index is 1420. The van der Waals surface area contributed by atoms with Gasteiger partial charge >= 0.3 is 0 Å². The van der Waals surface area contributed by atoms with E-state index in [-0.39, 0.29) is 5.56 Å². The molecule has 2 aromatic carbocycles. The SMILES string of the molecule is Cc1cc(Nc2nc(Sc3ccc4c(=O)[nH][nH]c4c3)nc3cc(N)ccc23)n[nH]1. The molecule has 5 rings (SSSR count). The lowest BCUT2D eigenvalue weighted by Crippen LogP contribution is -1.99. The number of benzene rings is 2. The van der Waals surface area contributed by atoms with Crippen LogP contribution < -0.4 is 16.6 Å². The summed E-state index contributed by atoms with van der Waals surface area (Å²) in [5, 5.41) is 17.8. The van der Waals surface area contributed by atoms with E-state index in [1.54, 1.807) is 6.07 Å². The van der Waals surface area contributed by atoms with Crippen molar-refractivity contribution in [3.8, 4) is 0 Å². The zero-order valence-electron chi connectivity index (χ0n) is 15.3. The first-order valence-corrected chi connectivity index (χ1v) is 9.61. The minimum atomic E-state index is -0.144. The third-order valence-corrected chi connectivity index (χ3v) is 5.26. The van der Waals surface area contributed by atoms with E-state index in [4.69, 9.17) is 5.73 Å². The molecule has 0 atom stereocenters. The number of nitrogen functional groups attached to an aromatic ring is 1. The average Bonchev–Trinajstić information content (AvgIpc) is 3.26. The number of rotatable bonds is 4. The number of aromatic nitrogens is 6. The summed E-state index contributed by atoms with van der Waals surface area (Å²) in [6.07, 6.45) is 0. The van der Waals surface area contributed by atoms with E-state index in [9.17, 15) is 4.79 Å². The Morgan fingerprint density at radius 2 is 1.90 bits per heavy atom. The molecule has 3 heterocycles. The van der Waals surface area contributed by atoms with Gasteiger partial charge in [-0.25, -0.2) is 9.97 Å². The van der Waals surface area contributed by atoms with Crippen molar-refractivity contribution in [2.24, 2.45) is 0 Å². The van der Waals surface area contributed by atoms with Crippen LogP contribution in [-0.2, 0) is 0 Å². The highest BCUT2D eigenvalue weighted by Gasteiger charge is 2.12. The van der Waals surface area contributed by atoms with Crippen LogP contribution in [-0.4, -0.2) is 30.4 Å². The number of aryl methyl sites for hydroxylation is 1. The van der Waals surface area contributed by atoms with Crippen molar-refractivity contribution >= 4 is 50.9 Å². The van der Waals surface area contributed by atoms with Crippen LogP contribution in [0.5, 0.6) is 0 Å². The fraction of sp³-hybridized carbons (Fsp3) is 0.0526. The van der Waals surface area contributed by atoms with Gasteiger partial charge in [-0.2, -0.15) is 5.10 Å². The number of nitrogens with zero attached hydrogens (tertiary/aromatic N) is 3. The third kappa shape index (κ3) is 3.29. The minimum absolute atomic E-state index is 0.144. The Balaban J connectivity index is 1.57. The number of hydrogen-bond donors (Lipinski definition) is 5. The van der Waals surface area contributed by atoms with E-state index in [0.717, 1.165) is 27.0 Å². The summed E-state index contributed by atoms with van der Waals surface area (Å²) in [7, 11) is 0. The summed E-state index contributed by atoms with van der Waals surface area (Å²) >= 11 is 1.40. The predicted octanol–water partition coefficient (Wildman–Crippen LogP) is 3.31. The molecule has 9 nitrogen and oxygen atoms in total. The summed E-state index contributed by atoms with van der Waals surface area (Å²) in [6, 6.07) is 12.9. The van der Waals surface area contributed by atoms with E-state index in [0.29, 0.717) is 27.9 Å². The van der Waals surface area contributed by atoms with E-state index in [1.165, 1.54) is 11.8 Å². The van der Waals surface area contributed by atoms with Crippen molar-refractivity contribution in [1.82, 2.24) is 30.4 Å². The zero-order valence-corrected chi connectivity index (χ0v) is 16.1. The monoisotopic (exact) mass is 404 g/mol. The number of fused-ring (bicyclic) bond motifs is 2. The van der Waals surface area contributed by atoms with Crippen LogP contribution >= 0.6 is 11.8 Å². The summed E-state index contributed by atoms with van der Waals surface area (Å²) in [4.78, 5) is 21.9. The molecule has 0 aliphatic heterocycles. The topological polar surface area (TPSA) is 141 Å². The summed E-state index contributed by atoms with van der Waals surface area (Å²) < 4.78 is 0. The smallest absolute Gasteiger partial charge is 0.271 e. The normalized spacial score (nSPS) is 11.3. The van der Waals surface area contributed by atoms with Crippen molar-refractivity contribution in [3.05, 3.63) is 58.5 Å². The lowest BCUT2D eigenvalue weighted by molar-refractivity contribution is 1.00. The number of H-pyrrole nitrogens is 3. The highest BCUT2D eigenvalue weighted by Crippen LogP contribution is 2.32. The van der Waals surface area contributed by atoms with Gasteiger partial charge in [-0.15, -0.1) is 0 Å². The van der Waals surface area contributed by atoms with Crippen LogP contribution in [0.4, 0.5) is 17.3 Å². The summed E-state index contributed by atoms with van der Waals surface area (Å²) in [6.45, 7) is 1.93. The van der Waals surface area contributed by atoms with Crippen molar-refractivity contribution < 1.29 is 0 Å². The molecule has 6 N–H and O–H groups in total. The summed E-state index contributed by atoms with van der Waals surface area (Å²) in [5.74, 6) is 1.31. The second kappa shape index (κ2) is 6.67. The lowest BCUT2D eigenvalue weighted by Gasteiger charge is -2.09. The van der Waals surface area contributed by atoms with Crippen LogP contribution in [0.15, 0.2) is 57.3 Å². The third-order valence-electron chi connectivity index (χ3n) is 4.41. The average molecular weight is 404 g/mol. The molecule has 0 spiro atoms. The molecule has 29 heavy (non-hydrogen) atoms. The predicted molar refractivity (Wildman–Crippen MR) is 114 cm³/mol. The summed E-state index contributed by atoms with van der Waals surface area (Å²) in [5.41, 5.74) is 8.84. The molecule has 0 fully saturated rings. The van der Waals surface area contributed by atoms with Crippen molar-refractivity contribution in [2.45, 2.75) is 17.0 Å². The molecule has 0 bridgehead atoms. The van der Waals surface area contributed by atoms with Gasteiger partial charge in [0.15, 0.2) is 11.0 Å². The van der Waals surface area contributed by atoms with Crippen LogP contribution in [0.1, 0.15) is 5.69 Å². The largest absolute Gasteiger partial charge is 0.399 e. The Kier molecular flexibility index (Phi) is 3.98. The Morgan fingerprint density at radius 1 is 1.03 bits per heavy atom. The molecule has 0 amide bonds. The standard InChI is InChI=1S/C19H16N8OS/c1-9-6-16(26-24-9)22-17-12-4-2-10(20)7-14(12)21-19(23-17)29-11-3-5-13-15(8-11)25-27-18(13)28/h2-8H,20H2,1H3,(H2,25,27,28)(H2,21,22,23,24,26). The molecule has 144 valence electrons. The highest BCUT2D eigenvalue weighted by molar-refractivity contribution is 7.99. The Hall–Kier alpha value is -3.79. The van der Waals surface area contributed by atoms with Crippen LogP contribution in [0.2, 0.25) is 0 Å².